The van der Waals surface area contributed by atoms with E-state index in [4.69, 9.17) is 35.3 Å². The van der Waals surface area contributed by atoms with Gasteiger partial charge in [-0.1, -0.05) is 43.7 Å². The zero-order valence-corrected chi connectivity index (χ0v) is 26.7. The van der Waals surface area contributed by atoms with Crippen LogP contribution in [0.2, 0.25) is 5.02 Å². The van der Waals surface area contributed by atoms with Gasteiger partial charge in [-0.2, -0.15) is 0 Å². The summed E-state index contributed by atoms with van der Waals surface area (Å²) in [7, 11) is 4.36. The number of carbonyl (C=O) groups excluding carboxylic acids is 3. The van der Waals surface area contributed by atoms with Crippen LogP contribution in [0.1, 0.15) is 58.6 Å². The normalized spacial score (nSPS) is 35.5. The van der Waals surface area contributed by atoms with Gasteiger partial charge in [0.05, 0.1) is 25.3 Å². The van der Waals surface area contributed by atoms with Crippen LogP contribution in [0, 0.1) is 5.92 Å². The van der Waals surface area contributed by atoms with Crippen LogP contribution in [0.15, 0.2) is 35.9 Å². The summed E-state index contributed by atoms with van der Waals surface area (Å²) in [4.78, 5) is 40.2. The van der Waals surface area contributed by atoms with Crippen LogP contribution < -0.4 is 15.0 Å². The molecule has 2 fully saturated rings. The van der Waals surface area contributed by atoms with Crippen LogP contribution in [0.5, 0.6) is 5.75 Å². The van der Waals surface area contributed by atoms with Crippen LogP contribution in [-0.2, 0) is 28.5 Å². The molecule has 1 unspecified atom stereocenters. The molecule has 0 spiro atoms. The van der Waals surface area contributed by atoms with Crippen molar-refractivity contribution in [2.24, 2.45) is 5.92 Å². The number of nitrogens with zero attached hydrogens (tertiary/aromatic N) is 1. The maximum absolute atomic E-state index is 13.7. The third-order valence-corrected chi connectivity index (χ3v) is 9.10. The van der Waals surface area contributed by atoms with Crippen molar-refractivity contribution in [3.05, 3.63) is 46.5 Å². The summed E-state index contributed by atoms with van der Waals surface area (Å²) >= 11 is 6.63. The Bertz CT molecular complexity index is 1350. The van der Waals surface area contributed by atoms with Gasteiger partial charge in [0, 0.05) is 32.9 Å². The lowest BCUT2D eigenvalue weighted by molar-refractivity contribution is -0.153. The number of nitrogens with one attached hydrogen (secondary N) is 1. The van der Waals surface area contributed by atoms with Crippen LogP contribution in [0.25, 0.3) is 0 Å². The molecule has 0 aliphatic carbocycles. The molecule has 242 valence electrons. The van der Waals surface area contributed by atoms with Crippen LogP contribution in [-0.4, -0.2) is 85.2 Å². The Balaban J connectivity index is 1.82. The van der Waals surface area contributed by atoms with Crippen molar-refractivity contribution in [2.75, 3.05) is 26.2 Å². The summed E-state index contributed by atoms with van der Waals surface area (Å²) in [6.07, 6.45) is -0.722. The molecule has 0 aromatic heterocycles. The SMILES string of the molecule is CCC(=O)OC1CC(=O)N(C)c2cc(cc(OC)c2Cl)[C@H](O)/C(C)=C\C=C[C@@H](OC)[C@@]2(O)C[C@H](OC(=O)N2)[C@@H](C)[C@@H]2O[C@@]12C. The van der Waals surface area contributed by atoms with E-state index in [2.05, 4.69) is 5.32 Å². The molecule has 2 amide bonds. The van der Waals surface area contributed by atoms with Gasteiger partial charge in [0.15, 0.2) is 5.72 Å². The smallest absolute Gasteiger partial charge is 0.409 e. The quantitative estimate of drug-likeness (QED) is 0.330. The molecule has 1 aromatic rings. The van der Waals surface area contributed by atoms with E-state index >= 15 is 0 Å². The van der Waals surface area contributed by atoms with Crippen molar-refractivity contribution >= 4 is 35.3 Å². The Morgan fingerprint density at radius 1 is 1.27 bits per heavy atom. The lowest BCUT2D eigenvalue weighted by atomic mass is 9.83. The summed E-state index contributed by atoms with van der Waals surface area (Å²) in [5.74, 6) is -1.17. The summed E-state index contributed by atoms with van der Waals surface area (Å²) in [5, 5.41) is 25.4. The van der Waals surface area contributed by atoms with Gasteiger partial charge in [0.1, 0.15) is 40.8 Å². The fourth-order valence-electron chi connectivity index (χ4n) is 5.83. The van der Waals surface area contributed by atoms with E-state index in [1.54, 1.807) is 58.1 Å². The lowest BCUT2D eigenvalue weighted by Gasteiger charge is -2.42. The molecule has 8 atom stereocenters. The number of fused-ring (bicyclic) bond motifs is 5. The summed E-state index contributed by atoms with van der Waals surface area (Å²) in [6.45, 7) is 6.88. The molecular weight excluding hydrogens is 596 g/mol. The number of halogens is 1. The minimum atomic E-state index is -1.83. The van der Waals surface area contributed by atoms with Crippen LogP contribution in [0.4, 0.5) is 10.5 Å². The number of amides is 2. The molecule has 1 aromatic carbocycles. The Kier molecular flexibility index (Phi) is 10.0. The Labute approximate surface area is 261 Å². The highest BCUT2D eigenvalue weighted by atomic mass is 35.5. The second-order valence-corrected chi connectivity index (χ2v) is 12.1. The third-order valence-electron chi connectivity index (χ3n) is 8.72. The molecule has 44 heavy (non-hydrogen) atoms. The van der Waals surface area contributed by atoms with Crippen LogP contribution >= 0.6 is 11.6 Å². The zero-order chi connectivity index (χ0) is 32.6. The molecule has 4 rings (SSSR count). The Hall–Kier alpha value is -3.16. The Morgan fingerprint density at radius 2 is 1.98 bits per heavy atom. The summed E-state index contributed by atoms with van der Waals surface area (Å²) < 4.78 is 28.4. The van der Waals surface area contributed by atoms with E-state index < -0.39 is 65.7 Å². The summed E-state index contributed by atoms with van der Waals surface area (Å²) in [5.41, 5.74) is -1.72. The number of allylic oxidation sites excluding steroid dienone is 2. The first-order valence-electron chi connectivity index (χ1n) is 14.5. The van der Waals surface area contributed by atoms with Crippen molar-refractivity contribution in [1.82, 2.24) is 5.32 Å². The molecule has 0 radical (unpaired) electrons. The number of methoxy groups -OCH3 is 2. The second kappa shape index (κ2) is 13.1. The summed E-state index contributed by atoms with van der Waals surface area (Å²) in [6, 6.07) is 3.17. The highest BCUT2D eigenvalue weighted by molar-refractivity contribution is 6.35. The number of anilines is 1. The zero-order valence-electron chi connectivity index (χ0n) is 26.0. The number of ether oxygens (including phenoxy) is 5. The molecule has 4 bridgehead atoms. The predicted octanol–water partition coefficient (Wildman–Crippen LogP) is 3.57. The Morgan fingerprint density at radius 3 is 2.61 bits per heavy atom. The fraction of sp³-hybridized carbons (Fsp3) is 0.581. The largest absolute Gasteiger partial charge is 0.495 e. The molecule has 3 aliphatic rings. The monoisotopic (exact) mass is 636 g/mol. The lowest BCUT2D eigenvalue weighted by Crippen LogP contribution is -2.63. The first-order valence-corrected chi connectivity index (χ1v) is 14.8. The molecule has 2 saturated heterocycles. The number of benzene rings is 1. The average Bonchev–Trinajstić information content (AvgIpc) is 3.68. The predicted molar refractivity (Wildman–Crippen MR) is 160 cm³/mol. The number of hydrogen-bond donors (Lipinski definition) is 3. The number of aliphatic hydroxyl groups excluding tert-OH is 1. The van der Waals surface area contributed by atoms with Crippen LogP contribution in [0.3, 0.4) is 0 Å². The molecule has 3 N–H and O–H groups in total. The van der Waals surface area contributed by atoms with E-state index in [0.717, 1.165) is 0 Å². The molecule has 3 aliphatic heterocycles. The van der Waals surface area contributed by atoms with Gasteiger partial charge in [-0.3, -0.25) is 14.9 Å². The maximum Gasteiger partial charge on any atom is 0.409 e. The number of alkyl carbamates (subject to hydrolysis) is 1. The highest BCUT2D eigenvalue weighted by Crippen LogP contribution is 2.49. The van der Waals surface area contributed by atoms with Gasteiger partial charge < -0.3 is 38.8 Å². The second-order valence-electron chi connectivity index (χ2n) is 11.7. The number of esters is 1. The van der Waals surface area contributed by atoms with Gasteiger partial charge in [-0.05, 0) is 37.1 Å². The van der Waals surface area contributed by atoms with E-state index in [-0.39, 0.29) is 35.7 Å². The van der Waals surface area contributed by atoms with Crippen molar-refractivity contribution < 1.29 is 48.3 Å². The number of rotatable bonds is 4. The number of epoxide rings is 1. The molecular formula is C31H41ClN2O10. The number of aliphatic hydroxyl groups is 2. The van der Waals surface area contributed by atoms with Gasteiger partial charge in [-0.15, -0.1) is 0 Å². The first-order chi connectivity index (χ1) is 20.7. The topological polar surface area (TPSA) is 156 Å². The van der Waals surface area contributed by atoms with Crippen molar-refractivity contribution in [1.29, 1.82) is 0 Å². The average molecular weight is 637 g/mol. The molecule has 0 saturated carbocycles. The van der Waals surface area contributed by atoms with Gasteiger partial charge in [0.2, 0.25) is 5.91 Å². The van der Waals surface area contributed by atoms with Gasteiger partial charge in [-0.25, -0.2) is 4.79 Å². The van der Waals surface area contributed by atoms with E-state index in [1.807, 2.05) is 0 Å². The van der Waals surface area contributed by atoms with Gasteiger partial charge >= 0.3 is 12.1 Å². The van der Waals surface area contributed by atoms with Crippen molar-refractivity contribution in [3.8, 4) is 5.75 Å². The van der Waals surface area contributed by atoms with E-state index in [1.165, 1.54) is 26.2 Å². The molecule has 13 heteroatoms. The molecule has 12 nitrogen and oxygen atoms in total. The standard InChI is InChI=1S/C31H41ClN2O10/c1-8-25(36)43-23-14-24(35)34(5)19-12-18(13-20(40-6)26(19)32)27(37)16(2)10-9-11-22(41-7)31(39)15-21(42-29(38)33-31)17(3)28-30(23,4)44-28/h9-13,17,21-23,27-28,37,39H,8,14-15H2,1-7H3,(H,33,38)/b11-9?,16-10-/t17-,21+,22-,23?,27-,28+,30+,31+/m1/s1. The maximum atomic E-state index is 13.7. The minimum Gasteiger partial charge on any atom is -0.495 e. The van der Waals surface area contributed by atoms with E-state index in [9.17, 15) is 24.6 Å². The van der Waals surface area contributed by atoms with Crippen molar-refractivity contribution in [3.63, 3.8) is 0 Å². The first kappa shape index (κ1) is 33.7. The van der Waals surface area contributed by atoms with Crippen molar-refractivity contribution in [2.45, 2.75) is 88.8 Å². The highest BCUT2D eigenvalue weighted by Gasteiger charge is 2.64. The number of hydrogen-bond acceptors (Lipinski definition) is 10. The number of carbonyl (C=O) groups is 3. The fourth-order valence-corrected chi connectivity index (χ4v) is 6.14. The third kappa shape index (κ3) is 6.59. The minimum absolute atomic E-state index is 0.0464. The van der Waals surface area contributed by atoms with E-state index in [0.29, 0.717) is 11.1 Å². The van der Waals surface area contributed by atoms with Gasteiger partial charge in [0.25, 0.3) is 0 Å². The molecule has 3 heterocycles.